The van der Waals surface area contributed by atoms with Crippen LogP contribution in [0.4, 0.5) is 0 Å². The molecule has 0 heterocycles. The second-order valence-electron chi connectivity index (χ2n) is 7.95. The molecule has 2 saturated carbocycles. The molecule has 0 saturated heterocycles. The molecule has 0 N–H and O–H groups in total. The van der Waals surface area contributed by atoms with Gasteiger partial charge in [-0.3, -0.25) is 0 Å². The van der Waals surface area contributed by atoms with Crippen LogP contribution in [0.2, 0.25) is 0 Å². The van der Waals surface area contributed by atoms with Gasteiger partial charge in [0.05, 0.1) is 11.7 Å². The van der Waals surface area contributed by atoms with Gasteiger partial charge in [0.2, 0.25) is 0 Å². The van der Waals surface area contributed by atoms with Crippen LogP contribution in [0, 0.1) is 16.7 Å². The first kappa shape index (κ1) is 15.8. The molecule has 21 heavy (non-hydrogen) atoms. The van der Waals surface area contributed by atoms with Crippen molar-refractivity contribution in [2.24, 2.45) is 16.7 Å². The predicted octanol–water partition coefficient (Wildman–Crippen LogP) is 5.57. The summed E-state index contributed by atoms with van der Waals surface area (Å²) >= 11 is 2.48. The molecule has 0 radical (unpaired) electrons. The van der Waals surface area contributed by atoms with Crippen molar-refractivity contribution in [3.63, 3.8) is 0 Å². The molecule has 0 spiro atoms. The summed E-state index contributed by atoms with van der Waals surface area (Å²) in [7, 11) is 0. The Morgan fingerprint density at radius 1 is 1.24 bits per heavy atom. The fourth-order valence-electron chi connectivity index (χ4n) is 4.59. The quantitative estimate of drug-likeness (QED) is 0.476. The highest BCUT2D eigenvalue weighted by atomic mass is 127. The second kappa shape index (κ2) is 5.23. The lowest BCUT2D eigenvalue weighted by atomic mass is 9.70. The first-order valence-electron chi connectivity index (χ1n) is 8.13. The van der Waals surface area contributed by atoms with Crippen molar-refractivity contribution < 1.29 is 4.74 Å². The van der Waals surface area contributed by atoms with E-state index in [1.165, 1.54) is 24.8 Å². The summed E-state index contributed by atoms with van der Waals surface area (Å²) in [5.74, 6) is 0.835. The van der Waals surface area contributed by atoms with E-state index in [0.29, 0.717) is 16.9 Å². The molecular formula is C19H27IO. The van der Waals surface area contributed by atoms with E-state index in [0.717, 1.165) is 10.3 Å². The van der Waals surface area contributed by atoms with Crippen molar-refractivity contribution in [2.75, 3.05) is 4.43 Å². The smallest absolute Gasteiger partial charge is 0.0996 e. The van der Waals surface area contributed by atoms with Gasteiger partial charge in [0.25, 0.3) is 0 Å². The van der Waals surface area contributed by atoms with Crippen LogP contribution in [0.15, 0.2) is 30.3 Å². The lowest BCUT2D eigenvalue weighted by Gasteiger charge is -2.43. The summed E-state index contributed by atoms with van der Waals surface area (Å²) in [6, 6.07) is 10.7. The Bertz CT molecular complexity index is 512. The zero-order chi connectivity index (χ0) is 15.3. The molecule has 2 fully saturated rings. The SMILES string of the molecule is CC(CI)(OC1CC2CCC1(C)C2(C)C)c1ccccc1. The molecule has 1 aromatic carbocycles. The largest absolute Gasteiger partial charge is 0.366 e. The third-order valence-corrected chi connectivity index (χ3v) is 8.21. The van der Waals surface area contributed by atoms with Crippen molar-refractivity contribution in [3.05, 3.63) is 35.9 Å². The summed E-state index contributed by atoms with van der Waals surface area (Å²) in [6.07, 6.45) is 4.34. The summed E-state index contributed by atoms with van der Waals surface area (Å²) in [5.41, 5.74) is 1.89. The van der Waals surface area contributed by atoms with Gasteiger partial charge >= 0.3 is 0 Å². The van der Waals surface area contributed by atoms with Crippen LogP contribution in [0.3, 0.4) is 0 Å². The highest BCUT2D eigenvalue weighted by Crippen LogP contribution is 2.66. The first-order chi connectivity index (χ1) is 9.83. The molecule has 3 rings (SSSR count). The minimum Gasteiger partial charge on any atom is -0.366 e. The van der Waals surface area contributed by atoms with E-state index in [1.54, 1.807) is 0 Å². The number of fused-ring (bicyclic) bond motifs is 2. The Balaban J connectivity index is 1.87. The number of benzene rings is 1. The van der Waals surface area contributed by atoms with E-state index in [9.17, 15) is 0 Å². The van der Waals surface area contributed by atoms with Crippen LogP contribution in [0.5, 0.6) is 0 Å². The zero-order valence-corrected chi connectivity index (χ0v) is 15.8. The minimum atomic E-state index is -0.171. The maximum Gasteiger partial charge on any atom is 0.0996 e. The maximum absolute atomic E-state index is 6.80. The molecule has 0 amide bonds. The topological polar surface area (TPSA) is 9.23 Å². The molecular weight excluding hydrogens is 371 g/mol. The van der Waals surface area contributed by atoms with E-state index in [1.807, 2.05) is 0 Å². The average Bonchev–Trinajstić information content (AvgIpc) is 2.81. The number of ether oxygens (including phenoxy) is 1. The van der Waals surface area contributed by atoms with Crippen LogP contribution in [-0.4, -0.2) is 10.5 Å². The Morgan fingerprint density at radius 3 is 2.38 bits per heavy atom. The molecule has 1 aromatic rings. The molecule has 0 aliphatic heterocycles. The standard InChI is InChI=1S/C19H27IO/c1-17(2)15-10-11-18(17,3)16(12-15)21-19(4,13-20)14-8-6-5-7-9-14/h5-9,15-16H,10-13H2,1-4H3. The van der Waals surface area contributed by atoms with Gasteiger partial charge < -0.3 is 4.74 Å². The first-order valence-corrected chi connectivity index (χ1v) is 9.65. The van der Waals surface area contributed by atoms with Gasteiger partial charge in [0, 0.05) is 4.43 Å². The fraction of sp³-hybridized carbons (Fsp3) is 0.684. The molecule has 0 aromatic heterocycles. The van der Waals surface area contributed by atoms with Crippen molar-refractivity contribution in [2.45, 2.75) is 58.7 Å². The highest BCUT2D eigenvalue weighted by molar-refractivity contribution is 14.1. The second-order valence-corrected chi connectivity index (χ2v) is 8.71. The lowest BCUT2D eigenvalue weighted by molar-refractivity contribution is -0.128. The van der Waals surface area contributed by atoms with Crippen molar-refractivity contribution in [3.8, 4) is 0 Å². The Morgan fingerprint density at radius 2 is 1.90 bits per heavy atom. The number of halogens is 1. The summed E-state index contributed by atoms with van der Waals surface area (Å²) in [4.78, 5) is 0. The molecule has 116 valence electrons. The van der Waals surface area contributed by atoms with Crippen molar-refractivity contribution in [1.82, 2.24) is 0 Å². The molecule has 4 unspecified atom stereocenters. The average molecular weight is 398 g/mol. The number of alkyl halides is 1. The van der Waals surface area contributed by atoms with Crippen LogP contribution < -0.4 is 0 Å². The molecule has 2 aliphatic carbocycles. The predicted molar refractivity (Wildman–Crippen MR) is 96.8 cm³/mol. The van der Waals surface area contributed by atoms with Crippen LogP contribution in [0.25, 0.3) is 0 Å². The molecule has 1 nitrogen and oxygen atoms in total. The van der Waals surface area contributed by atoms with Gasteiger partial charge in [-0.2, -0.15) is 0 Å². The Kier molecular flexibility index (Phi) is 3.93. The van der Waals surface area contributed by atoms with Crippen LogP contribution >= 0.6 is 22.6 Å². The van der Waals surface area contributed by atoms with Gasteiger partial charge in [-0.25, -0.2) is 0 Å². The normalized spacial score (nSPS) is 36.6. The Hall–Kier alpha value is -0.0900. The third kappa shape index (κ3) is 2.28. The zero-order valence-electron chi connectivity index (χ0n) is 13.7. The maximum atomic E-state index is 6.80. The molecule has 2 heteroatoms. The van der Waals surface area contributed by atoms with Crippen LogP contribution in [0.1, 0.15) is 52.5 Å². The van der Waals surface area contributed by atoms with E-state index in [2.05, 4.69) is 80.6 Å². The van der Waals surface area contributed by atoms with Gasteiger partial charge in [0.15, 0.2) is 0 Å². The molecule has 4 atom stereocenters. The van der Waals surface area contributed by atoms with E-state index < -0.39 is 0 Å². The van der Waals surface area contributed by atoms with Crippen molar-refractivity contribution >= 4 is 22.6 Å². The summed E-state index contributed by atoms with van der Waals surface area (Å²) in [5, 5.41) is 0. The third-order valence-electron chi connectivity index (χ3n) is 6.76. The van der Waals surface area contributed by atoms with Gasteiger partial charge in [-0.15, -0.1) is 0 Å². The highest BCUT2D eigenvalue weighted by Gasteiger charge is 2.62. The summed E-state index contributed by atoms with van der Waals surface area (Å²) < 4.78 is 7.79. The van der Waals surface area contributed by atoms with Gasteiger partial charge in [0.1, 0.15) is 0 Å². The van der Waals surface area contributed by atoms with E-state index >= 15 is 0 Å². The van der Waals surface area contributed by atoms with E-state index in [4.69, 9.17) is 4.74 Å². The van der Waals surface area contributed by atoms with E-state index in [-0.39, 0.29) is 5.60 Å². The number of hydrogen-bond acceptors (Lipinski definition) is 1. The fourth-order valence-corrected chi connectivity index (χ4v) is 5.21. The van der Waals surface area contributed by atoms with Crippen molar-refractivity contribution in [1.29, 1.82) is 0 Å². The number of hydrogen-bond donors (Lipinski definition) is 0. The minimum absolute atomic E-state index is 0.171. The molecule has 2 bridgehead atoms. The summed E-state index contributed by atoms with van der Waals surface area (Å²) in [6.45, 7) is 9.64. The van der Waals surface area contributed by atoms with Crippen LogP contribution in [-0.2, 0) is 10.3 Å². The van der Waals surface area contributed by atoms with Gasteiger partial charge in [-0.1, -0.05) is 73.7 Å². The number of rotatable bonds is 4. The van der Waals surface area contributed by atoms with Gasteiger partial charge in [-0.05, 0) is 48.5 Å². The monoisotopic (exact) mass is 398 g/mol. The lowest BCUT2D eigenvalue weighted by Crippen LogP contribution is -2.42. The molecule has 2 aliphatic rings. The Labute approximate surface area is 143 Å².